The predicted octanol–water partition coefficient (Wildman–Crippen LogP) is 5.81. The summed E-state index contributed by atoms with van der Waals surface area (Å²) in [5.74, 6) is 0.163. The number of benzene rings is 3. The smallest absolute Gasteiger partial charge is 0.338 e. The van der Waals surface area contributed by atoms with E-state index in [0.29, 0.717) is 31.4 Å². The Labute approximate surface area is 260 Å². The minimum Gasteiger partial charge on any atom is -0.495 e. The number of hydrogen-bond donors (Lipinski definition) is 0. The van der Waals surface area contributed by atoms with Gasteiger partial charge in [0, 0.05) is 19.7 Å². The van der Waals surface area contributed by atoms with E-state index in [2.05, 4.69) is 45.2 Å². The number of hydrogen-bond acceptors (Lipinski definition) is 6. The van der Waals surface area contributed by atoms with Crippen molar-refractivity contribution in [1.29, 1.82) is 0 Å². The first kappa shape index (κ1) is 28.1. The molecule has 1 aromatic heterocycles. The number of thiazole rings is 1. The molecule has 1 aliphatic rings. The average Bonchev–Trinajstić information content (AvgIpc) is 3.23. The molecule has 5 rings (SSSR count). The number of halogens is 3. The summed E-state index contributed by atoms with van der Waals surface area (Å²) in [6, 6.07) is 19.8. The first-order valence-corrected chi connectivity index (χ1v) is 15.2. The molecule has 3 aromatic carbocycles. The molecule has 0 spiro atoms. The first-order chi connectivity index (χ1) is 18.8. The maximum atomic E-state index is 14.0. The second-order valence-electron chi connectivity index (χ2n) is 8.49. The highest BCUT2D eigenvalue weighted by Crippen LogP contribution is 2.35. The summed E-state index contributed by atoms with van der Waals surface area (Å²) in [5.41, 5.74) is 2.78. The minimum atomic E-state index is -0.757. The van der Waals surface area contributed by atoms with Gasteiger partial charge in [0.05, 0.1) is 39.1 Å². The molecule has 39 heavy (non-hydrogen) atoms. The van der Waals surface area contributed by atoms with Crippen LogP contribution >= 0.6 is 68.1 Å². The number of nitrogens with zero attached hydrogens (tertiary/aromatic N) is 2. The van der Waals surface area contributed by atoms with Gasteiger partial charge in [-0.1, -0.05) is 65.4 Å². The van der Waals surface area contributed by atoms with Gasteiger partial charge in [-0.05, 0) is 88.0 Å². The molecular formula is C29H21ClI2N2O4S. The molecule has 10 heteroatoms. The number of carbonyl (C=O) groups excluding carboxylic acids is 1. The lowest BCUT2D eigenvalue weighted by Crippen LogP contribution is -2.40. The summed E-state index contributed by atoms with van der Waals surface area (Å²) in [6.45, 7) is 1.94. The maximum absolute atomic E-state index is 14.0. The van der Waals surface area contributed by atoms with Crippen LogP contribution in [0.5, 0.6) is 5.75 Å². The quantitative estimate of drug-likeness (QED) is 0.183. The van der Waals surface area contributed by atoms with Crippen molar-refractivity contribution < 1.29 is 14.3 Å². The molecule has 2 heterocycles. The topological polar surface area (TPSA) is 69.9 Å². The Balaban J connectivity index is 1.84. The number of methoxy groups -OCH3 is 1. The number of carbonyl (C=O) groups is 1. The largest absolute Gasteiger partial charge is 0.495 e. The predicted molar refractivity (Wildman–Crippen MR) is 171 cm³/mol. The second kappa shape index (κ2) is 11.9. The Kier molecular flexibility index (Phi) is 8.60. The van der Waals surface area contributed by atoms with Gasteiger partial charge in [-0.25, -0.2) is 9.79 Å². The van der Waals surface area contributed by atoms with E-state index in [-0.39, 0.29) is 12.2 Å². The third kappa shape index (κ3) is 5.59. The van der Waals surface area contributed by atoms with Crippen LogP contribution < -0.4 is 19.6 Å². The Morgan fingerprint density at radius 2 is 1.85 bits per heavy atom. The van der Waals surface area contributed by atoms with Crippen molar-refractivity contribution in [2.45, 2.75) is 13.0 Å². The van der Waals surface area contributed by atoms with Gasteiger partial charge in [-0.3, -0.25) is 9.36 Å². The van der Waals surface area contributed by atoms with Gasteiger partial charge in [0.1, 0.15) is 5.75 Å². The SMILES string of the molecule is CCOC(=O)C1=C(c2ccccc2)N=c2s/c(=C\c3cc(I)cc(I)c3OC)c(=O)n2[C@@H]1c1ccc(Cl)cc1. The number of rotatable bonds is 6. The molecule has 0 unspecified atom stereocenters. The minimum absolute atomic E-state index is 0.188. The van der Waals surface area contributed by atoms with Crippen LogP contribution in [0.25, 0.3) is 11.8 Å². The van der Waals surface area contributed by atoms with Crippen molar-refractivity contribution >= 4 is 85.9 Å². The van der Waals surface area contributed by atoms with E-state index >= 15 is 0 Å². The normalized spacial score (nSPS) is 15.1. The molecule has 0 amide bonds. The summed E-state index contributed by atoms with van der Waals surface area (Å²) in [7, 11) is 1.61. The monoisotopic (exact) mass is 782 g/mol. The van der Waals surface area contributed by atoms with Crippen LogP contribution in [0, 0.1) is 7.14 Å². The van der Waals surface area contributed by atoms with Crippen molar-refractivity contribution in [2.75, 3.05) is 13.7 Å². The van der Waals surface area contributed by atoms with Gasteiger partial charge in [0.25, 0.3) is 5.56 Å². The molecule has 6 nitrogen and oxygen atoms in total. The number of ether oxygens (including phenoxy) is 2. The van der Waals surface area contributed by atoms with E-state index in [1.807, 2.05) is 60.7 Å². The average molecular weight is 783 g/mol. The van der Waals surface area contributed by atoms with Crippen molar-refractivity contribution in [2.24, 2.45) is 4.99 Å². The highest BCUT2D eigenvalue weighted by Gasteiger charge is 2.35. The highest BCUT2D eigenvalue weighted by molar-refractivity contribution is 14.1. The summed E-state index contributed by atoms with van der Waals surface area (Å²) in [5, 5.41) is 0.552. The molecule has 0 bridgehead atoms. The molecule has 1 aliphatic heterocycles. The second-order valence-corrected chi connectivity index (χ2v) is 12.3. The van der Waals surface area contributed by atoms with Crippen LogP contribution in [0.15, 0.2) is 82.1 Å². The van der Waals surface area contributed by atoms with E-state index in [1.54, 1.807) is 30.7 Å². The Morgan fingerprint density at radius 3 is 2.51 bits per heavy atom. The summed E-state index contributed by atoms with van der Waals surface area (Å²) >= 11 is 11.9. The van der Waals surface area contributed by atoms with Gasteiger partial charge in [-0.15, -0.1) is 0 Å². The van der Waals surface area contributed by atoms with Crippen LogP contribution in [-0.2, 0) is 9.53 Å². The van der Waals surface area contributed by atoms with E-state index in [0.717, 1.165) is 23.8 Å². The summed E-state index contributed by atoms with van der Waals surface area (Å²) in [6.07, 6.45) is 1.82. The molecule has 0 fully saturated rings. The zero-order chi connectivity index (χ0) is 27.7. The van der Waals surface area contributed by atoms with Crippen LogP contribution in [0.4, 0.5) is 0 Å². The van der Waals surface area contributed by atoms with E-state index < -0.39 is 12.0 Å². The van der Waals surface area contributed by atoms with Crippen LogP contribution in [-0.4, -0.2) is 24.3 Å². The Morgan fingerprint density at radius 1 is 1.13 bits per heavy atom. The highest BCUT2D eigenvalue weighted by atomic mass is 127. The van der Waals surface area contributed by atoms with Crippen LogP contribution in [0.3, 0.4) is 0 Å². The molecule has 1 atom stereocenters. The van der Waals surface area contributed by atoms with Gasteiger partial charge in [0.15, 0.2) is 4.80 Å². The zero-order valence-electron chi connectivity index (χ0n) is 20.8. The third-order valence-corrected chi connectivity index (χ3v) is 8.75. The van der Waals surface area contributed by atoms with Crippen LogP contribution in [0.2, 0.25) is 5.02 Å². The Bertz CT molecular complexity index is 1780. The standard InChI is InChI=1S/C29H21ClI2N2O4S/c1-3-38-28(36)23-24(16-7-5-4-6-8-16)33-29-34(25(23)17-9-11-19(30)12-10-17)27(35)22(39-29)14-18-13-20(31)15-21(32)26(18)37-2/h4-15,25H,3H2,1-2H3/b22-14-/t25-/m1/s1. The van der Waals surface area contributed by atoms with Gasteiger partial charge in [0.2, 0.25) is 0 Å². The van der Waals surface area contributed by atoms with Gasteiger partial charge < -0.3 is 9.47 Å². The fourth-order valence-corrected chi connectivity index (χ4v) is 7.67. The zero-order valence-corrected chi connectivity index (χ0v) is 26.7. The van der Waals surface area contributed by atoms with Crippen molar-refractivity contribution in [3.8, 4) is 5.75 Å². The van der Waals surface area contributed by atoms with Crippen LogP contribution in [0.1, 0.15) is 29.7 Å². The fourth-order valence-electron chi connectivity index (χ4n) is 4.44. The molecule has 0 radical (unpaired) electrons. The van der Waals surface area contributed by atoms with E-state index in [1.165, 1.54) is 11.3 Å². The lowest BCUT2D eigenvalue weighted by Gasteiger charge is -2.25. The molecule has 198 valence electrons. The van der Waals surface area contributed by atoms with Crippen molar-refractivity contribution in [1.82, 2.24) is 4.57 Å². The van der Waals surface area contributed by atoms with E-state index in [9.17, 15) is 9.59 Å². The molecule has 0 saturated carbocycles. The summed E-state index contributed by atoms with van der Waals surface area (Å²) in [4.78, 5) is 32.9. The number of fused-ring (bicyclic) bond motifs is 1. The fraction of sp³-hybridized carbons (Fsp3) is 0.138. The molecule has 0 saturated heterocycles. The lowest BCUT2D eigenvalue weighted by molar-refractivity contribution is -0.138. The third-order valence-electron chi connectivity index (χ3n) is 6.09. The van der Waals surface area contributed by atoms with E-state index in [4.69, 9.17) is 26.1 Å². The molecule has 0 N–H and O–H groups in total. The van der Waals surface area contributed by atoms with Gasteiger partial charge >= 0.3 is 5.97 Å². The molecule has 0 aliphatic carbocycles. The Hall–Kier alpha value is -2.48. The summed E-state index contributed by atoms with van der Waals surface area (Å²) < 4.78 is 15.2. The number of esters is 1. The van der Waals surface area contributed by atoms with Crippen molar-refractivity contribution in [3.05, 3.63) is 121 Å². The molecular weight excluding hydrogens is 762 g/mol. The lowest BCUT2D eigenvalue weighted by atomic mass is 9.93. The maximum Gasteiger partial charge on any atom is 0.338 e. The van der Waals surface area contributed by atoms with Crippen molar-refractivity contribution in [3.63, 3.8) is 0 Å². The number of aromatic nitrogens is 1. The molecule has 4 aromatic rings. The van der Waals surface area contributed by atoms with Gasteiger partial charge in [-0.2, -0.15) is 0 Å². The first-order valence-electron chi connectivity index (χ1n) is 11.9.